The summed E-state index contributed by atoms with van der Waals surface area (Å²) in [5, 5.41) is 4.32. The van der Waals surface area contributed by atoms with Gasteiger partial charge in [-0.1, -0.05) is 0 Å². The molecule has 6 nitrogen and oxygen atoms in total. The van der Waals surface area contributed by atoms with Crippen molar-refractivity contribution in [2.75, 3.05) is 13.1 Å². The number of likely N-dealkylation sites (tertiary alicyclic amines) is 1. The molecule has 1 fully saturated rings. The maximum Gasteiger partial charge on any atom is 0.224 e. The summed E-state index contributed by atoms with van der Waals surface area (Å²) in [5.41, 5.74) is 1.97. The second-order valence-electron chi connectivity index (χ2n) is 5.78. The molecule has 0 aromatic carbocycles. The Labute approximate surface area is 130 Å². The molecule has 0 saturated carbocycles. The molecule has 0 radical (unpaired) electrons. The number of hydrogen-bond acceptors (Lipinski definition) is 4. The van der Waals surface area contributed by atoms with Gasteiger partial charge in [-0.05, 0) is 25.8 Å². The van der Waals surface area contributed by atoms with Crippen molar-refractivity contribution < 1.29 is 4.79 Å². The van der Waals surface area contributed by atoms with E-state index < -0.39 is 0 Å². The number of carbonyl (C=O) groups is 1. The van der Waals surface area contributed by atoms with E-state index in [0.29, 0.717) is 18.9 Å². The highest BCUT2D eigenvalue weighted by Gasteiger charge is 2.25. The lowest BCUT2D eigenvalue weighted by molar-refractivity contribution is -0.132. The fraction of sp³-hybridized carbons (Fsp3) is 0.500. The maximum atomic E-state index is 12.4. The molecule has 1 amide bonds. The van der Waals surface area contributed by atoms with Gasteiger partial charge in [-0.2, -0.15) is 5.10 Å². The van der Waals surface area contributed by atoms with Crippen LogP contribution in [0.4, 0.5) is 0 Å². The minimum Gasteiger partial charge on any atom is -0.342 e. The van der Waals surface area contributed by atoms with Gasteiger partial charge in [0.2, 0.25) is 5.91 Å². The molecule has 3 rings (SSSR count). The average molecular weight is 299 g/mol. The summed E-state index contributed by atoms with van der Waals surface area (Å²) in [6.07, 6.45) is 9.72. The molecule has 2 aromatic rings. The highest BCUT2D eigenvalue weighted by Crippen LogP contribution is 2.25. The van der Waals surface area contributed by atoms with Crippen LogP contribution in [0.5, 0.6) is 0 Å². The van der Waals surface area contributed by atoms with Gasteiger partial charge >= 0.3 is 0 Å². The number of rotatable bonds is 4. The summed E-state index contributed by atoms with van der Waals surface area (Å²) in [7, 11) is 0. The van der Waals surface area contributed by atoms with Crippen molar-refractivity contribution in [2.45, 2.75) is 38.6 Å². The number of aryl methyl sites for hydroxylation is 2. The Morgan fingerprint density at radius 1 is 1.41 bits per heavy atom. The van der Waals surface area contributed by atoms with Crippen molar-refractivity contribution in [3.63, 3.8) is 0 Å². The van der Waals surface area contributed by atoms with Crippen LogP contribution in [0.3, 0.4) is 0 Å². The van der Waals surface area contributed by atoms with Crippen LogP contribution in [0.25, 0.3) is 0 Å². The summed E-state index contributed by atoms with van der Waals surface area (Å²) in [6, 6.07) is 1.95. The molecule has 1 aliphatic heterocycles. The molecule has 0 bridgehead atoms. The summed E-state index contributed by atoms with van der Waals surface area (Å²) in [4.78, 5) is 22.9. The van der Waals surface area contributed by atoms with Crippen molar-refractivity contribution in [3.8, 4) is 0 Å². The Kier molecular flexibility index (Phi) is 4.46. The van der Waals surface area contributed by atoms with Gasteiger partial charge in [0.1, 0.15) is 0 Å². The molecule has 0 spiro atoms. The van der Waals surface area contributed by atoms with Gasteiger partial charge in [-0.15, -0.1) is 0 Å². The van der Waals surface area contributed by atoms with Gasteiger partial charge in [-0.3, -0.25) is 19.4 Å². The third-order valence-electron chi connectivity index (χ3n) is 4.10. The number of aromatic nitrogens is 4. The molecule has 1 aliphatic rings. The van der Waals surface area contributed by atoms with E-state index in [1.165, 1.54) is 0 Å². The first kappa shape index (κ1) is 14.7. The zero-order chi connectivity index (χ0) is 15.4. The maximum absolute atomic E-state index is 12.4. The number of nitrogens with zero attached hydrogens (tertiary/aromatic N) is 5. The summed E-state index contributed by atoms with van der Waals surface area (Å²) >= 11 is 0. The number of hydrogen-bond donors (Lipinski definition) is 0. The van der Waals surface area contributed by atoms with Crippen LogP contribution in [-0.4, -0.2) is 43.6 Å². The minimum atomic E-state index is 0.196. The van der Waals surface area contributed by atoms with E-state index in [0.717, 1.165) is 37.3 Å². The molecule has 116 valence electrons. The fourth-order valence-electron chi connectivity index (χ4n) is 2.92. The molecule has 1 atom stereocenters. The van der Waals surface area contributed by atoms with Crippen LogP contribution in [-0.2, 0) is 11.3 Å². The molecule has 6 heteroatoms. The average Bonchev–Trinajstić information content (AvgIpc) is 2.99. The predicted molar refractivity (Wildman–Crippen MR) is 82.2 cm³/mol. The Bertz CT molecular complexity index is 624. The number of carbonyl (C=O) groups excluding carboxylic acids is 1. The van der Waals surface area contributed by atoms with Gasteiger partial charge in [0.15, 0.2) is 0 Å². The molecule has 2 aromatic heterocycles. The lowest BCUT2D eigenvalue weighted by atomic mass is 9.95. The van der Waals surface area contributed by atoms with Crippen LogP contribution in [0, 0.1) is 6.92 Å². The highest BCUT2D eigenvalue weighted by molar-refractivity contribution is 5.76. The van der Waals surface area contributed by atoms with Crippen molar-refractivity contribution in [1.82, 2.24) is 24.6 Å². The van der Waals surface area contributed by atoms with E-state index in [2.05, 4.69) is 15.1 Å². The predicted octanol–water partition coefficient (Wildman–Crippen LogP) is 1.78. The monoisotopic (exact) mass is 299 g/mol. The second kappa shape index (κ2) is 6.68. The molecule has 22 heavy (non-hydrogen) atoms. The fourth-order valence-corrected chi connectivity index (χ4v) is 2.92. The van der Waals surface area contributed by atoms with Crippen LogP contribution in [0.15, 0.2) is 30.9 Å². The van der Waals surface area contributed by atoms with Gasteiger partial charge in [0.05, 0.1) is 11.4 Å². The third-order valence-corrected chi connectivity index (χ3v) is 4.10. The number of piperidine rings is 1. The van der Waals surface area contributed by atoms with Gasteiger partial charge in [0.25, 0.3) is 0 Å². The quantitative estimate of drug-likeness (QED) is 0.863. The molecule has 0 N–H and O–H groups in total. The summed E-state index contributed by atoms with van der Waals surface area (Å²) in [6.45, 7) is 4.18. The first-order valence-corrected chi connectivity index (χ1v) is 7.76. The van der Waals surface area contributed by atoms with Crippen molar-refractivity contribution >= 4 is 5.91 Å². The Morgan fingerprint density at radius 2 is 2.32 bits per heavy atom. The molecule has 0 unspecified atom stereocenters. The summed E-state index contributed by atoms with van der Waals surface area (Å²) in [5.74, 6) is 0.500. The second-order valence-corrected chi connectivity index (χ2v) is 5.78. The molecule has 3 heterocycles. The lowest BCUT2D eigenvalue weighted by Crippen LogP contribution is -2.39. The summed E-state index contributed by atoms with van der Waals surface area (Å²) < 4.78 is 1.83. The smallest absolute Gasteiger partial charge is 0.224 e. The molecular formula is C16H21N5O. The Balaban J connectivity index is 1.56. The Morgan fingerprint density at radius 3 is 3.05 bits per heavy atom. The van der Waals surface area contributed by atoms with E-state index >= 15 is 0 Å². The number of amides is 1. The Hall–Kier alpha value is -2.24. The SMILES string of the molecule is Cc1ccn(CCC(=O)N2CCC[C@@H](c3cnccn3)C2)n1. The third kappa shape index (κ3) is 3.50. The standard InChI is InChI=1S/C16H21N5O/c1-13-4-9-21(19-13)10-5-16(22)20-8-2-3-14(12-20)15-11-17-6-7-18-15/h4,6-7,9,11,14H,2-3,5,8,10,12H2,1H3/t14-/m1/s1. The lowest BCUT2D eigenvalue weighted by Gasteiger charge is -2.32. The van der Waals surface area contributed by atoms with Crippen LogP contribution >= 0.6 is 0 Å². The largest absolute Gasteiger partial charge is 0.342 e. The van der Waals surface area contributed by atoms with Crippen molar-refractivity contribution in [3.05, 3.63) is 42.2 Å². The molecule has 0 aliphatic carbocycles. The van der Waals surface area contributed by atoms with Gasteiger partial charge in [0, 0.05) is 56.8 Å². The van der Waals surface area contributed by atoms with E-state index in [1.54, 1.807) is 12.4 Å². The van der Waals surface area contributed by atoms with E-state index in [4.69, 9.17) is 0 Å². The van der Waals surface area contributed by atoms with E-state index in [9.17, 15) is 4.79 Å². The van der Waals surface area contributed by atoms with E-state index in [1.807, 2.05) is 35.0 Å². The van der Waals surface area contributed by atoms with Crippen LogP contribution < -0.4 is 0 Å². The zero-order valence-electron chi connectivity index (χ0n) is 12.9. The normalized spacial score (nSPS) is 18.4. The minimum absolute atomic E-state index is 0.196. The van der Waals surface area contributed by atoms with Crippen molar-refractivity contribution in [1.29, 1.82) is 0 Å². The highest BCUT2D eigenvalue weighted by atomic mass is 16.2. The van der Waals surface area contributed by atoms with Crippen LogP contribution in [0.2, 0.25) is 0 Å². The topological polar surface area (TPSA) is 63.9 Å². The first-order valence-electron chi connectivity index (χ1n) is 7.76. The van der Waals surface area contributed by atoms with Crippen LogP contribution in [0.1, 0.15) is 36.6 Å². The molecular weight excluding hydrogens is 278 g/mol. The van der Waals surface area contributed by atoms with E-state index in [-0.39, 0.29) is 5.91 Å². The first-order chi connectivity index (χ1) is 10.7. The van der Waals surface area contributed by atoms with Gasteiger partial charge < -0.3 is 4.90 Å². The zero-order valence-corrected chi connectivity index (χ0v) is 12.9. The van der Waals surface area contributed by atoms with Crippen molar-refractivity contribution in [2.24, 2.45) is 0 Å². The van der Waals surface area contributed by atoms with Gasteiger partial charge in [-0.25, -0.2) is 0 Å². The molecule has 1 saturated heterocycles.